The summed E-state index contributed by atoms with van der Waals surface area (Å²) in [6, 6.07) is 11.1. The molecule has 2 N–H and O–H groups in total. The van der Waals surface area contributed by atoms with E-state index in [1.165, 1.54) is 0 Å². The van der Waals surface area contributed by atoms with Gasteiger partial charge in [-0.2, -0.15) is 0 Å². The van der Waals surface area contributed by atoms with Crippen molar-refractivity contribution < 1.29 is 0 Å². The van der Waals surface area contributed by atoms with Gasteiger partial charge in [-0.25, -0.2) is 0 Å². The van der Waals surface area contributed by atoms with Crippen LogP contribution < -0.4 is 5.73 Å². The monoisotopic (exact) mass is 162 g/mol. The van der Waals surface area contributed by atoms with Crippen LogP contribution in [0.15, 0.2) is 24.3 Å². The molecule has 0 heterocycles. The van der Waals surface area contributed by atoms with Crippen molar-refractivity contribution in [3.63, 3.8) is 0 Å². The summed E-state index contributed by atoms with van der Waals surface area (Å²) in [6.07, 6.45) is 0. The van der Waals surface area contributed by atoms with Crippen molar-refractivity contribution in [3.8, 4) is 0 Å². The highest BCUT2D eigenvalue weighted by Crippen LogP contribution is 2.29. The van der Waals surface area contributed by atoms with Crippen LogP contribution in [-0.2, 0) is 0 Å². The molecule has 1 radical (unpaired) electrons. The van der Waals surface area contributed by atoms with Crippen molar-refractivity contribution >= 4 is 0 Å². The van der Waals surface area contributed by atoms with E-state index in [4.69, 9.17) is 5.73 Å². The Morgan fingerprint density at radius 3 is 2.42 bits per heavy atom. The molecular formula is C11H16N. The first-order chi connectivity index (χ1) is 5.52. The average Bonchev–Trinajstić information content (AvgIpc) is 2.03. The van der Waals surface area contributed by atoms with Gasteiger partial charge in [-0.1, -0.05) is 45.0 Å². The molecule has 1 rings (SSSR count). The third kappa shape index (κ3) is 2.08. The fraction of sp³-hybridized carbons (Fsp3) is 0.455. The lowest BCUT2D eigenvalue weighted by Crippen LogP contribution is -2.26. The highest BCUT2D eigenvalue weighted by atomic mass is 14.7. The smallest absolute Gasteiger partial charge is 0.0350 e. The Balaban J connectivity index is 2.86. The summed E-state index contributed by atoms with van der Waals surface area (Å²) in [4.78, 5) is 0. The molecule has 65 valence electrons. The first kappa shape index (κ1) is 9.27. The molecule has 0 aliphatic rings. The molecule has 1 nitrogen and oxygen atoms in total. The zero-order valence-electron chi connectivity index (χ0n) is 7.96. The Kier molecular flexibility index (Phi) is 2.53. The maximum atomic E-state index is 6.04. The lowest BCUT2D eigenvalue weighted by molar-refractivity contribution is 0.326. The Hall–Kier alpha value is -0.820. The molecule has 0 aromatic heterocycles. The maximum Gasteiger partial charge on any atom is 0.0350 e. The molecule has 0 aliphatic carbocycles. The van der Waals surface area contributed by atoms with Gasteiger partial charge >= 0.3 is 0 Å². The van der Waals surface area contributed by atoms with Gasteiger partial charge in [0.25, 0.3) is 0 Å². The van der Waals surface area contributed by atoms with Gasteiger partial charge in [-0.15, -0.1) is 0 Å². The molecule has 0 aliphatic heterocycles. The van der Waals surface area contributed by atoms with E-state index >= 15 is 0 Å². The van der Waals surface area contributed by atoms with Gasteiger partial charge in [0.15, 0.2) is 0 Å². The fourth-order valence-corrected chi connectivity index (χ4v) is 1.07. The second-order valence-corrected chi connectivity index (χ2v) is 4.16. The summed E-state index contributed by atoms with van der Waals surface area (Å²) in [5.74, 6) is 0. The summed E-state index contributed by atoms with van der Waals surface area (Å²) >= 11 is 0. The third-order valence-corrected chi connectivity index (χ3v) is 2.00. The molecule has 0 saturated heterocycles. The molecule has 0 amide bonds. The van der Waals surface area contributed by atoms with Crippen LogP contribution in [-0.4, -0.2) is 0 Å². The minimum atomic E-state index is 0.0682. The molecule has 0 spiro atoms. The highest BCUT2D eigenvalue weighted by Gasteiger charge is 2.21. The highest BCUT2D eigenvalue weighted by molar-refractivity contribution is 5.18. The third-order valence-electron chi connectivity index (χ3n) is 2.00. The summed E-state index contributed by atoms with van der Waals surface area (Å²) in [5, 5.41) is 0. The molecule has 0 fully saturated rings. The first-order valence-corrected chi connectivity index (χ1v) is 4.24. The summed E-state index contributed by atoms with van der Waals surface area (Å²) < 4.78 is 0. The van der Waals surface area contributed by atoms with E-state index in [0.717, 1.165) is 5.56 Å². The Labute approximate surface area is 74.6 Å². The van der Waals surface area contributed by atoms with Crippen molar-refractivity contribution in [1.29, 1.82) is 0 Å². The summed E-state index contributed by atoms with van der Waals surface area (Å²) in [6.45, 7) is 6.41. The molecule has 0 saturated carbocycles. The standard InChI is InChI=1S/C11H16N/c1-11(2,3)10(12)9-7-5-4-6-8-9/h4-7,10H,12H2,1-3H3. The van der Waals surface area contributed by atoms with Gasteiger partial charge in [0.05, 0.1) is 0 Å². The van der Waals surface area contributed by atoms with E-state index in [9.17, 15) is 0 Å². The molecule has 1 aromatic rings. The normalized spacial score (nSPS) is 14.3. The summed E-state index contributed by atoms with van der Waals surface area (Å²) in [5.41, 5.74) is 7.24. The van der Waals surface area contributed by atoms with Gasteiger partial charge in [-0.05, 0) is 17.0 Å². The zero-order chi connectivity index (χ0) is 9.19. The van der Waals surface area contributed by atoms with Crippen molar-refractivity contribution in [2.24, 2.45) is 11.1 Å². The lowest BCUT2D eigenvalue weighted by atomic mass is 9.83. The van der Waals surface area contributed by atoms with Crippen molar-refractivity contribution in [2.45, 2.75) is 26.8 Å². The summed E-state index contributed by atoms with van der Waals surface area (Å²) in [7, 11) is 0. The van der Waals surface area contributed by atoms with Crippen molar-refractivity contribution in [1.82, 2.24) is 0 Å². The van der Waals surface area contributed by atoms with E-state index in [0.29, 0.717) is 0 Å². The van der Waals surface area contributed by atoms with Crippen LogP contribution in [0, 0.1) is 11.5 Å². The topological polar surface area (TPSA) is 26.0 Å². The van der Waals surface area contributed by atoms with Crippen LogP contribution in [0.3, 0.4) is 0 Å². The quantitative estimate of drug-likeness (QED) is 0.674. The van der Waals surface area contributed by atoms with Crippen LogP contribution in [0.25, 0.3) is 0 Å². The Morgan fingerprint density at radius 2 is 2.00 bits per heavy atom. The largest absolute Gasteiger partial charge is 0.323 e. The van der Waals surface area contributed by atoms with E-state index in [1.54, 1.807) is 0 Å². The zero-order valence-corrected chi connectivity index (χ0v) is 7.96. The number of hydrogen-bond acceptors (Lipinski definition) is 1. The van der Waals surface area contributed by atoms with Crippen molar-refractivity contribution in [2.75, 3.05) is 0 Å². The van der Waals surface area contributed by atoms with Crippen LogP contribution >= 0.6 is 0 Å². The molecule has 12 heavy (non-hydrogen) atoms. The lowest BCUT2D eigenvalue weighted by Gasteiger charge is -2.27. The van der Waals surface area contributed by atoms with E-state index < -0.39 is 0 Å². The van der Waals surface area contributed by atoms with Gasteiger partial charge in [0, 0.05) is 6.04 Å². The van der Waals surface area contributed by atoms with Crippen LogP contribution in [0.2, 0.25) is 0 Å². The fourth-order valence-electron chi connectivity index (χ4n) is 1.07. The number of nitrogens with two attached hydrogens (primary N) is 1. The van der Waals surface area contributed by atoms with Crippen molar-refractivity contribution in [3.05, 3.63) is 35.9 Å². The minimum Gasteiger partial charge on any atom is -0.323 e. The van der Waals surface area contributed by atoms with E-state index in [2.05, 4.69) is 26.8 Å². The molecule has 1 aromatic carbocycles. The second-order valence-electron chi connectivity index (χ2n) is 4.16. The van der Waals surface area contributed by atoms with E-state index in [-0.39, 0.29) is 11.5 Å². The molecule has 1 heteroatoms. The van der Waals surface area contributed by atoms with Gasteiger partial charge in [-0.3, -0.25) is 0 Å². The SMILES string of the molecule is CC(C)(C)C(N)c1[c]cccc1. The Bertz CT molecular complexity index is 233. The first-order valence-electron chi connectivity index (χ1n) is 4.24. The van der Waals surface area contributed by atoms with E-state index in [1.807, 2.05) is 24.3 Å². The molecule has 0 bridgehead atoms. The van der Waals surface area contributed by atoms with Gasteiger partial charge in [0.1, 0.15) is 0 Å². The predicted molar refractivity (Wildman–Crippen MR) is 51.7 cm³/mol. The van der Waals surface area contributed by atoms with Crippen LogP contribution in [0.5, 0.6) is 0 Å². The minimum absolute atomic E-state index is 0.0682. The predicted octanol–water partition coefficient (Wildman–Crippen LogP) is 2.53. The maximum absolute atomic E-state index is 6.04. The second kappa shape index (κ2) is 3.28. The van der Waals surface area contributed by atoms with Crippen LogP contribution in [0.1, 0.15) is 32.4 Å². The average molecular weight is 162 g/mol. The molecular weight excluding hydrogens is 146 g/mol. The number of benzene rings is 1. The van der Waals surface area contributed by atoms with Gasteiger partial charge < -0.3 is 5.73 Å². The molecule has 1 unspecified atom stereocenters. The number of hydrogen-bond donors (Lipinski definition) is 1. The van der Waals surface area contributed by atoms with Gasteiger partial charge in [0.2, 0.25) is 0 Å². The number of rotatable bonds is 1. The van der Waals surface area contributed by atoms with Crippen LogP contribution in [0.4, 0.5) is 0 Å². The molecule has 1 atom stereocenters. The Morgan fingerprint density at radius 1 is 1.33 bits per heavy atom.